The Kier molecular flexibility index (Phi) is 5.07. The predicted molar refractivity (Wildman–Crippen MR) is 89.1 cm³/mol. The molecule has 0 bridgehead atoms. The molecule has 9 heteroatoms. The predicted octanol–water partition coefficient (Wildman–Crippen LogP) is 3.35. The number of amides is 1. The van der Waals surface area contributed by atoms with Crippen molar-refractivity contribution in [3.05, 3.63) is 59.7 Å². The molecule has 0 aliphatic carbocycles. The molecule has 0 heterocycles. The number of nitrogens with zero attached hydrogens (tertiary/aromatic N) is 1. The Hall–Kier alpha value is -2.55. The molecule has 134 valence electrons. The average Bonchev–Trinajstić information content (AvgIpc) is 2.53. The van der Waals surface area contributed by atoms with Crippen molar-refractivity contribution in [2.24, 2.45) is 0 Å². The molecule has 1 N–H and O–H groups in total. The zero-order valence-corrected chi connectivity index (χ0v) is 14.1. The lowest BCUT2D eigenvalue weighted by molar-refractivity contribution is -0.137. The number of alkyl halides is 3. The number of anilines is 2. The van der Waals surface area contributed by atoms with Gasteiger partial charge in [-0.3, -0.25) is 9.10 Å². The van der Waals surface area contributed by atoms with Crippen molar-refractivity contribution < 1.29 is 26.4 Å². The molecule has 0 aliphatic heterocycles. The minimum Gasteiger partial charge on any atom is -0.320 e. The molecule has 2 aromatic carbocycles. The van der Waals surface area contributed by atoms with Gasteiger partial charge in [0, 0.05) is 12.6 Å². The molecular formula is C16H15F3N2O3S. The van der Waals surface area contributed by atoms with Crippen LogP contribution in [0.15, 0.2) is 48.5 Å². The fourth-order valence-corrected chi connectivity index (χ4v) is 2.55. The smallest absolute Gasteiger partial charge is 0.320 e. The van der Waals surface area contributed by atoms with Crippen LogP contribution in [-0.4, -0.2) is 27.6 Å². The van der Waals surface area contributed by atoms with E-state index in [2.05, 4.69) is 5.32 Å². The Morgan fingerprint density at radius 1 is 1.04 bits per heavy atom. The summed E-state index contributed by atoms with van der Waals surface area (Å²) in [6.45, 7) is 0. The number of hydrogen-bond donors (Lipinski definition) is 1. The van der Waals surface area contributed by atoms with Crippen LogP contribution in [0, 0.1) is 0 Å². The fourth-order valence-electron chi connectivity index (χ4n) is 2.04. The Bertz CT molecular complexity index is 878. The summed E-state index contributed by atoms with van der Waals surface area (Å²) in [5.41, 5.74) is -0.378. The van der Waals surface area contributed by atoms with Crippen LogP contribution < -0.4 is 9.62 Å². The Balaban J connectivity index is 2.27. The number of rotatable bonds is 4. The molecule has 0 atom stereocenters. The Labute approximate surface area is 143 Å². The van der Waals surface area contributed by atoms with Gasteiger partial charge in [-0.25, -0.2) is 8.42 Å². The molecule has 5 nitrogen and oxygen atoms in total. The van der Waals surface area contributed by atoms with Gasteiger partial charge in [0.05, 0.1) is 23.2 Å². The van der Waals surface area contributed by atoms with Crippen LogP contribution in [0.5, 0.6) is 0 Å². The highest BCUT2D eigenvalue weighted by Gasteiger charge is 2.30. The van der Waals surface area contributed by atoms with E-state index in [4.69, 9.17) is 0 Å². The largest absolute Gasteiger partial charge is 0.416 e. The van der Waals surface area contributed by atoms with Crippen molar-refractivity contribution in [3.63, 3.8) is 0 Å². The highest BCUT2D eigenvalue weighted by atomic mass is 32.2. The number of para-hydroxylation sites is 2. The molecule has 2 aromatic rings. The van der Waals surface area contributed by atoms with Crippen LogP contribution >= 0.6 is 0 Å². The number of nitrogens with one attached hydrogen (secondary N) is 1. The van der Waals surface area contributed by atoms with Gasteiger partial charge in [0.2, 0.25) is 10.0 Å². The number of sulfonamides is 1. The molecule has 0 unspecified atom stereocenters. The number of benzene rings is 2. The van der Waals surface area contributed by atoms with Gasteiger partial charge < -0.3 is 5.32 Å². The van der Waals surface area contributed by atoms with E-state index in [1.165, 1.54) is 19.2 Å². The lowest BCUT2D eigenvalue weighted by Crippen LogP contribution is -2.26. The minimum absolute atomic E-state index is 0.0183. The zero-order chi connectivity index (χ0) is 18.8. The monoisotopic (exact) mass is 372 g/mol. The molecule has 25 heavy (non-hydrogen) atoms. The third kappa shape index (κ3) is 4.50. The molecule has 0 saturated carbocycles. The molecule has 0 aromatic heterocycles. The summed E-state index contributed by atoms with van der Waals surface area (Å²) in [7, 11) is -2.21. The summed E-state index contributed by atoms with van der Waals surface area (Å²) in [5.74, 6) is -0.650. The molecule has 0 aliphatic rings. The summed E-state index contributed by atoms with van der Waals surface area (Å²) < 4.78 is 62.0. The normalized spacial score (nSPS) is 11.9. The van der Waals surface area contributed by atoms with Gasteiger partial charge in [0.1, 0.15) is 0 Å². The zero-order valence-electron chi connectivity index (χ0n) is 13.3. The highest BCUT2D eigenvalue weighted by molar-refractivity contribution is 7.92. The number of hydrogen-bond acceptors (Lipinski definition) is 3. The van der Waals surface area contributed by atoms with Crippen LogP contribution in [0.25, 0.3) is 0 Å². The van der Waals surface area contributed by atoms with Crippen molar-refractivity contribution in [1.82, 2.24) is 0 Å². The van der Waals surface area contributed by atoms with Gasteiger partial charge in [-0.05, 0) is 36.4 Å². The first kappa shape index (κ1) is 18.8. The third-order valence-corrected chi connectivity index (χ3v) is 4.66. The molecular weight excluding hydrogens is 357 g/mol. The van der Waals surface area contributed by atoms with E-state index in [1.807, 2.05) is 0 Å². The third-order valence-electron chi connectivity index (χ3n) is 3.46. The van der Waals surface area contributed by atoms with E-state index in [9.17, 15) is 26.4 Å². The van der Waals surface area contributed by atoms with Crippen LogP contribution in [-0.2, 0) is 16.2 Å². The van der Waals surface area contributed by atoms with Crippen LogP contribution in [0.2, 0.25) is 0 Å². The minimum atomic E-state index is -4.49. The van der Waals surface area contributed by atoms with Gasteiger partial charge in [0.15, 0.2) is 0 Å². The van der Waals surface area contributed by atoms with E-state index in [-0.39, 0.29) is 16.9 Å². The maximum absolute atomic E-state index is 12.6. The molecule has 2 rings (SSSR count). The number of halogens is 3. The van der Waals surface area contributed by atoms with Crippen molar-refractivity contribution in [3.8, 4) is 0 Å². The first-order chi connectivity index (χ1) is 11.5. The second-order valence-electron chi connectivity index (χ2n) is 5.28. The Morgan fingerprint density at radius 2 is 1.60 bits per heavy atom. The fraction of sp³-hybridized carbons (Fsp3) is 0.188. The van der Waals surface area contributed by atoms with Crippen LogP contribution in [0.4, 0.5) is 24.5 Å². The molecule has 0 fully saturated rings. The van der Waals surface area contributed by atoms with Gasteiger partial charge in [-0.15, -0.1) is 0 Å². The van der Waals surface area contributed by atoms with Crippen LogP contribution in [0.3, 0.4) is 0 Å². The summed E-state index contributed by atoms with van der Waals surface area (Å²) in [4.78, 5) is 12.2. The molecule has 0 saturated heterocycles. The topological polar surface area (TPSA) is 66.5 Å². The van der Waals surface area contributed by atoms with Gasteiger partial charge in [-0.2, -0.15) is 13.2 Å². The Morgan fingerprint density at radius 3 is 2.12 bits per heavy atom. The van der Waals surface area contributed by atoms with E-state index < -0.39 is 27.7 Å². The number of carbonyl (C=O) groups is 1. The van der Waals surface area contributed by atoms with E-state index in [0.29, 0.717) is 0 Å². The van der Waals surface area contributed by atoms with Crippen molar-refractivity contribution >= 4 is 27.3 Å². The standard InChI is InChI=1S/C16H15F3N2O3S/c1-21(25(2,23)24)14-6-4-3-5-13(14)20-15(22)11-7-9-12(10-8-11)16(17,18)19/h3-10H,1-2H3,(H,20,22). The van der Waals surface area contributed by atoms with E-state index in [0.717, 1.165) is 34.8 Å². The summed E-state index contributed by atoms with van der Waals surface area (Å²) in [6, 6.07) is 9.93. The lowest BCUT2D eigenvalue weighted by atomic mass is 10.1. The highest BCUT2D eigenvalue weighted by Crippen LogP contribution is 2.30. The van der Waals surface area contributed by atoms with E-state index in [1.54, 1.807) is 12.1 Å². The number of carbonyl (C=O) groups excluding carboxylic acids is 1. The van der Waals surface area contributed by atoms with E-state index >= 15 is 0 Å². The maximum atomic E-state index is 12.6. The van der Waals surface area contributed by atoms with Crippen molar-refractivity contribution in [2.75, 3.05) is 22.9 Å². The second-order valence-corrected chi connectivity index (χ2v) is 7.29. The molecule has 0 spiro atoms. The second kappa shape index (κ2) is 6.75. The lowest BCUT2D eigenvalue weighted by Gasteiger charge is -2.20. The van der Waals surface area contributed by atoms with Gasteiger partial charge in [-0.1, -0.05) is 12.1 Å². The first-order valence-electron chi connectivity index (χ1n) is 7.01. The average molecular weight is 372 g/mol. The quantitative estimate of drug-likeness (QED) is 0.895. The summed E-state index contributed by atoms with van der Waals surface area (Å²) in [6.07, 6.45) is -3.47. The summed E-state index contributed by atoms with van der Waals surface area (Å²) >= 11 is 0. The first-order valence-corrected chi connectivity index (χ1v) is 8.86. The SMILES string of the molecule is CN(c1ccccc1NC(=O)c1ccc(C(F)(F)F)cc1)S(C)(=O)=O. The van der Waals surface area contributed by atoms with Gasteiger partial charge >= 0.3 is 6.18 Å². The van der Waals surface area contributed by atoms with Crippen molar-refractivity contribution in [2.45, 2.75) is 6.18 Å². The van der Waals surface area contributed by atoms with Crippen molar-refractivity contribution in [1.29, 1.82) is 0 Å². The molecule has 1 amide bonds. The molecule has 0 radical (unpaired) electrons. The van der Waals surface area contributed by atoms with Crippen LogP contribution in [0.1, 0.15) is 15.9 Å². The maximum Gasteiger partial charge on any atom is 0.416 e. The van der Waals surface area contributed by atoms with Gasteiger partial charge in [0.25, 0.3) is 5.91 Å². The summed E-state index contributed by atoms with van der Waals surface area (Å²) in [5, 5.41) is 2.51.